The van der Waals surface area contributed by atoms with Crippen LogP contribution in [0.15, 0.2) is 12.3 Å². The van der Waals surface area contributed by atoms with Gasteiger partial charge in [-0.3, -0.25) is 4.90 Å². The molecular formula is C14H27N5. The third-order valence-electron chi connectivity index (χ3n) is 3.05. The van der Waals surface area contributed by atoms with E-state index in [1.165, 1.54) is 0 Å². The van der Waals surface area contributed by atoms with Gasteiger partial charge >= 0.3 is 0 Å². The van der Waals surface area contributed by atoms with E-state index >= 15 is 0 Å². The highest BCUT2D eigenvalue weighted by Gasteiger charge is 2.12. The Bertz CT molecular complexity index is 368. The van der Waals surface area contributed by atoms with Crippen molar-refractivity contribution in [1.82, 2.24) is 14.9 Å². The molecule has 0 fully saturated rings. The standard InChI is InChI=1S/C14H27N5/c1-11(2)19(12(3)4)10-9-15-13-7-8-16-14(17-13)18(5)6/h7-8,11-12H,9-10H2,1-6H3,(H,15,16,17). The summed E-state index contributed by atoms with van der Waals surface area (Å²) in [5, 5.41) is 3.36. The van der Waals surface area contributed by atoms with E-state index < -0.39 is 0 Å². The van der Waals surface area contributed by atoms with Crippen molar-refractivity contribution in [3.05, 3.63) is 12.3 Å². The van der Waals surface area contributed by atoms with E-state index in [1.54, 1.807) is 6.20 Å². The molecule has 0 amide bonds. The molecule has 0 radical (unpaired) electrons. The van der Waals surface area contributed by atoms with Gasteiger partial charge in [-0.1, -0.05) is 0 Å². The Labute approximate surface area is 117 Å². The highest BCUT2D eigenvalue weighted by molar-refractivity contribution is 5.40. The van der Waals surface area contributed by atoms with E-state index in [4.69, 9.17) is 0 Å². The predicted molar refractivity (Wildman–Crippen MR) is 81.8 cm³/mol. The van der Waals surface area contributed by atoms with Crippen LogP contribution in [-0.2, 0) is 0 Å². The van der Waals surface area contributed by atoms with E-state index in [-0.39, 0.29) is 0 Å². The first-order chi connectivity index (χ1) is 8.91. The van der Waals surface area contributed by atoms with Crippen molar-refractivity contribution in [2.75, 3.05) is 37.4 Å². The zero-order valence-electron chi connectivity index (χ0n) is 13.0. The first-order valence-electron chi connectivity index (χ1n) is 6.91. The van der Waals surface area contributed by atoms with E-state index in [0.717, 1.165) is 24.9 Å². The monoisotopic (exact) mass is 265 g/mol. The fraction of sp³-hybridized carbons (Fsp3) is 0.714. The van der Waals surface area contributed by atoms with E-state index in [1.807, 2.05) is 25.1 Å². The minimum Gasteiger partial charge on any atom is -0.369 e. The van der Waals surface area contributed by atoms with Gasteiger partial charge in [0.15, 0.2) is 0 Å². The van der Waals surface area contributed by atoms with Crippen LogP contribution in [0.1, 0.15) is 27.7 Å². The maximum absolute atomic E-state index is 4.44. The fourth-order valence-corrected chi connectivity index (χ4v) is 2.09. The summed E-state index contributed by atoms with van der Waals surface area (Å²) in [6, 6.07) is 3.02. The van der Waals surface area contributed by atoms with Gasteiger partial charge in [0.2, 0.25) is 5.95 Å². The Morgan fingerprint density at radius 1 is 1.16 bits per heavy atom. The van der Waals surface area contributed by atoms with Crippen LogP contribution in [0.3, 0.4) is 0 Å². The Morgan fingerprint density at radius 3 is 2.32 bits per heavy atom. The summed E-state index contributed by atoms with van der Waals surface area (Å²) in [6.45, 7) is 10.8. The maximum atomic E-state index is 4.44. The lowest BCUT2D eigenvalue weighted by Crippen LogP contribution is -2.40. The molecule has 19 heavy (non-hydrogen) atoms. The molecule has 0 aliphatic heterocycles. The predicted octanol–water partition coefficient (Wildman–Crippen LogP) is 2.07. The molecule has 108 valence electrons. The first-order valence-corrected chi connectivity index (χ1v) is 6.91. The van der Waals surface area contributed by atoms with Crippen LogP contribution < -0.4 is 10.2 Å². The number of aromatic nitrogens is 2. The van der Waals surface area contributed by atoms with Crippen molar-refractivity contribution in [3.63, 3.8) is 0 Å². The number of nitrogens with one attached hydrogen (secondary N) is 1. The van der Waals surface area contributed by atoms with Crippen molar-refractivity contribution >= 4 is 11.8 Å². The van der Waals surface area contributed by atoms with Crippen molar-refractivity contribution in [2.45, 2.75) is 39.8 Å². The quantitative estimate of drug-likeness (QED) is 0.817. The summed E-state index contributed by atoms with van der Waals surface area (Å²) in [4.78, 5) is 13.0. The zero-order valence-corrected chi connectivity index (χ0v) is 13.0. The van der Waals surface area contributed by atoms with E-state index in [0.29, 0.717) is 12.1 Å². The second-order valence-corrected chi connectivity index (χ2v) is 5.49. The summed E-state index contributed by atoms with van der Waals surface area (Å²) >= 11 is 0. The first kappa shape index (κ1) is 15.7. The zero-order chi connectivity index (χ0) is 14.4. The minimum absolute atomic E-state index is 0.560. The van der Waals surface area contributed by atoms with Crippen LogP contribution in [0.5, 0.6) is 0 Å². The summed E-state index contributed by atoms with van der Waals surface area (Å²) in [5.41, 5.74) is 0. The van der Waals surface area contributed by atoms with Crippen molar-refractivity contribution in [3.8, 4) is 0 Å². The molecule has 1 rings (SSSR count). The lowest BCUT2D eigenvalue weighted by molar-refractivity contribution is 0.182. The number of hydrogen-bond acceptors (Lipinski definition) is 5. The molecule has 0 bridgehead atoms. The SMILES string of the molecule is CC(C)N(CCNc1ccnc(N(C)C)n1)C(C)C. The number of hydrogen-bond donors (Lipinski definition) is 1. The van der Waals surface area contributed by atoms with Crippen LogP contribution in [-0.4, -0.2) is 54.1 Å². The number of nitrogens with zero attached hydrogens (tertiary/aromatic N) is 4. The summed E-state index contributed by atoms with van der Waals surface area (Å²) < 4.78 is 0. The van der Waals surface area contributed by atoms with Crippen molar-refractivity contribution in [1.29, 1.82) is 0 Å². The van der Waals surface area contributed by atoms with E-state index in [9.17, 15) is 0 Å². The van der Waals surface area contributed by atoms with Crippen LogP contribution in [0.4, 0.5) is 11.8 Å². The van der Waals surface area contributed by atoms with Crippen LogP contribution >= 0.6 is 0 Å². The second-order valence-electron chi connectivity index (χ2n) is 5.49. The molecular weight excluding hydrogens is 238 g/mol. The Hall–Kier alpha value is -1.36. The third kappa shape index (κ3) is 5.03. The number of rotatable bonds is 7. The smallest absolute Gasteiger partial charge is 0.226 e. The average Bonchev–Trinajstić information content (AvgIpc) is 2.34. The normalized spacial score (nSPS) is 11.4. The molecule has 0 saturated carbocycles. The van der Waals surface area contributed by atoms with Gasteiger partial charge in [0, 0.05) is 45.5 Å². The van der Waals surface area contributed by atoms with Crippen LogP contribution in [0.25, 0.3) is 0 Å². The van der Waals surface area contributed by atoms with Gasteiger partial charge in [-0.25, -0.2) is 4.98 Å². The molecule has 1 aromatic rings. The second kappa shape index (κ2) is 7.28. The Morgan fingerprint density at radius 2 is 1.79 bits per heavy atom. The van der Waals surface area contributed by atoms with Gasteiger partial charge in [0.05, 0.1) is 0 Å². The van der Waals surface area contributed by atoms with Gasteiger partial charge < -0.3 is 10.2 Å². The highest BCUT2D eigenvalue weighted by atomic mass is 15.2. The Kier molecular flexibility index (Phi) is 6.02. The molecule has 5 heteroatoms. The maximum Gasteiger partial charge on any atom is 0.226 e. The lowest BCUT2D eigenvalue weighted by atomic mass is 10.2. The molecule has 0 aliphatic rings. The largest absolute Gasteiger partial charge is 0.369 e. The van der Waals surface area contributed by atoms with Gasteiger partial charge in [0.25, 0.3) is 0 Å². The highest BCUT2D eigenvalue weighted by Crippen LogP contribution is 2.08. The van der Waals surface area contributed by atoms with Crippen molar-refractivity contribution in [2.24, 2.45) is 0 Å². The summed E-state index contributed by atoms with van der Waals surface area (Å²) in [6.07, 6.45) is 1.79. The van der Waals surface area contributed by atoms with Crippen molar-refractivity contribution < 1.29 is 0 Å². The van der Waals surface area contributed by atoms with Gasteiger partial charge in [0.1, 0.15) is 5.82 Å². The lowest BCUT2D eigenvalue weighted by Gasteiger charge is -2.30. The molecule has 0 atom stereocenters. The summed E-state index contributed by atoms with van der Waals surface area (Å²) in [5.74, 6) is 1.61. The fourth-order valence-electron chi connectivity index (χ4n) is 2.09. The average molecular weight is 265 g/mol. The number of anilines is 2. The molecule has 0 spiro atoms. The topological polar surface area (TPSA) is 44.3 Å². The third-order valence-corrected chi connectivity index (χ3v) is 3.05. The van der Waals surface area contributed by atoms with E-state index in [2.05, 4.69) is 47.9 Å². The minimum atomic E-state index is 0.560. The molecule has 1 aromatic heterocycles. The molecule has 0 aliphatic carbocycles. The Balaban J connectivity index is 2.50. The van der Waals surface area contributed by atoms with Gasteiger partial charge in [-0.15, -0.1) is 0 Å². The van der Waals surface area contributed by atoms with Gasteiger partial charge in [-0.05, 0) is 33.8 Å². The van der Waals surface area contributed by atoms with Crippen LogP contribution in [0, 0.1) is 0 Å². The van der Waals surface area contributed by atoms with Gasteiger partial charge in [-0.2, -0.15) is 4.98 Å². The molecule has 1 heterocycles. The molecule has 0 unspecified atom stereocenters. The molecule has 0 aromatic carbocycles. The molecule has 1 N–H and O–H groups in total. The molecule has 5 nitrogen and oxygen atoms in total. The summed E-state index contributed by atoms with van der Waals surface area (Å²) in [7, 11) is 3.89. The molecule has 0 saturated heterocycles. The van der Waals surface area contributed by atoms with Crippen LogP contribution in [0.2, 0.25) is 0 Å².